The van der Waals surface area contributed by atoms with Gasteiger partial charge in [-0.3, -0.25) is 10.1 Å². The van der Waals surface area contributed by atoms with Crippen LogP contribution in [0.3, 0.4) is 0 Å². The van der Waals surface area contributed by atoms with Crippen molar-refractivity contribution in [2.45, 2.75) is 31.8 Å². The standard InChI is InChI=1S/C22H28N2O4/c25-17-5-4-16-23(22(24(27)28)9-6-18-26)21-14-12-20(13-15-21)11-10-19-7-2-1-3-8-19/h1-3,7-8,10-15,22,25-26H,4-6,9,16-18H2. The van der Waals surface area contributed by atoms with Gasteiger partial charge in [0.1, 0.15) is 0 Å². The van der Waals surface area contributed by atoms with Crippen LogP contribution in [0.15, 0.2) is 54.6 Å². The van der Waals surface area contributed by atoms with Crippen molar-refractivity contribution in [1.29, 1.82) is 0 Å². The highest BCUT2D eigenvalue weighted by Crippen LogP contribution is 2.22. The van der Waals surface area contributed by atoms with E-state index < -0.39 is 6.17 Å². The van der Waals surface area contributed by atoms with E-state index in [0.717, 1.165) is 16.8 Å². The Morgan fingerprint density at radius 3 is 2.07 bits per heavy atom. The van der Waals surface area contributed by atoms with E-state index in [1.807, 2.05) is 66.7 Å². The van der Waals surface area contributed by atoms with Gasteiger partial charge in [-0.2, -0.15) is 0 Å². The third-order valence-corrected chi connectivity index (χ3v) is 4.52. The van der Waals surface area contributed by atoms with Crippen LogP contribution in [-0.2, 0) is 0 Å². The molecule has 1 unspecified atom stereocenters. The smallest absolute Gasteiger partial charge is 0.287 e. The molecule has 0 aromatic heterocycles. The second kappa shape index (κ2) is 11.9. The molecule has 28 heavy (non-hydrogen) atoms. The first-order valence-electron chi connectivity index (χ1n) is 9.60. The lowest BCUT2D eigenvalue weighted by atomic mass is 10.1. The van der Waals surface area contributed by atoms with Gasteiger partial charge in [0.2, 0.25) is 0 Å². The summed E-state index contributed by atoms with van der Waals surface area (Å²) >= 11 is 0. The van der Waals surface area contributed by atoms with Crippen LogP contribution in [0.2, 0.25) is 0 Å². The molecule has 2 aromatic rings. The number of hydrogen-bond donors (Lipinski definition) is 2. The van der Waals surface area contributed by atoms with E-state index in [2.05, 4.69) is 0 Å². The van der Waals surface area contributed by atoms with E-state index in [1.165, 1.54) is 0 Å². The van der Waals surface area contributed by atoms with Crippen molar-refractivity contribution >= 4 is 17.8 Å². The third-order valence-electron chi connectivity index (χ3n) is 4.52. The predicted octanol–water partition coefficient (Wildman–Crippen LogP) is 3.81. The summed E-state index contributed by atoms with van der Waals surface area (Å²) < 4.78 is 0. The Morgan fingerprint density at radius 2 is 1.50 bits per heavy atom. The lowest BCUT2D eigenvalue weighted by Gasteiger charge is -2.28. The maximum atomic E-state index is 11.6. The van der Waals surface area contributed by atoms with Crippen LogP contribution >= 0.6 is 0 Å². The number of rotatable bonds is 12. The molecule has 6 nitrogen and oxygen atoms in total. The van der Waals surface area contributed by atoms with Gasteiger partial charge in [0.05, 0.1) is 0 Å². The van der Waals surface area contributed by atoms with Gasteiger partial charge in [-0.05, 0) is 42.5 Å². The average Bonchev–Trinajstić information content (AvgIpc) is 2.72. The van der Waals surface area contributed by atoms with Gasteiger partial charge >= 0.3 is 0 Å². The van der Waals surface area contributed by atoms with Crippen LogP contribution < -0.4 is 4.90 Å². The molecular weight excluding hydrogens is 356 g/mol. The van der Waals surface area contributed by atoms with E-state index in [-0.39, 0.29) is 24.6 Å². The molecule has 0 radical (unpaired) electrons. The molecule has 150 valence electrons. The Hall–Kier alpha value is -2.70. The largest absolute Gasteiger partial charge is 0.396 e. The van der Waals surface area contributed by atoms with Crippen LogP contribution in [0.1, 0.15) is 36.8 Å². The summed E-state index contributed by atoms with van der Waals surface area (Å²) in [6.07, 6.45) is 5.05. The molecule has 2 aromatic carbocycles. The molecule has 0 heterocycles. The number of hydrogen-bond acceptors (Lipinski definition) is 5. The summed E-state index contributed by atoms with van der Waals surface area (Å²) in [5.41, 5.74) is 2.89. The SMILES string of the molecule is O=[N+]([O-])C(CCCO)N(CCCCO)c1ccc(C=Cc2ccccc2)cc1. The number of anilines is 1. The minimum absolute atomic E-state index is 0.0663. The van der Waals surface area contributed by atoms with Crippen LogP contribution in [0.4, 0.5) is 5.69 Å². The first kappa shape index (κ1) is 21.6. The molecule has 2 N–H and O–H groups in total. The summed E-state index contributed by atoms with van der Waals surface area (Å²) in [7, 11) is 0. The Bertz CT molecular complexity index is 732. The molecular formula is C22H28N2O4. The highest BCUT2D eigenvalue weighted by atomic mass is 16.6. The molecule has 0 aliphatic rings. The molecule has 1 atom stereocenters. The van der Waals surface area contributed by atoms with Gasteiger partial charge in [0.15, 0.2) is 0 Å². The highest BCUT2D eigenvalue weighted by molar-refractivity contribution is 5.70. The maximum absolute atomic E-state index is 11.6. The molecule has 0 saturated carbocycles. The molecule has 0 aliphatic carbocycles. The third kappa shape index (κ3) is 6.79. The normalized spacial score (nSPS) is 12.2. The van der Waals surface area contributed by atoms with E-state index in [9.17, 15) is 10.1 Å². The molecule has 0 spiro atoms. The topological polar surface area (TPSA) is 86.8 Å². The van der Waals surface area contributed by atoms with Crippen molar-refractivity contribution in [1.82, 2.24) is 0 Å². The minimum Gasteiger partial charge on any atom is -0.396 e. The fourth-order valence-corrected chi connectivity index (χ4v) is 3.03. The van der Waals surface area contributed by atoms with Crippen LogP contribution in [-0.4, -0.2) is 41.1 Å². The second-order valence-corrected chi connectivity index (χ2v) is 6.59. The summed E-state index contributed by atoms with van der Waals surface area (Å²) in [4.78, 5) is 13.1. The zero-order chi connectivity index (χ0) is 20.2. The lowest BCUT2D eigenvalue weighted by Crippen LogP contribution is -2.42. The second-order valence-electron chi connectivity index (χ2n) is 6.59. The molecule has 0 saturated heterocycles. The van der Waals surface area contributed by atoms with Crippen LogP contribution in [0, 0.1) is 10.1 Å². The van der Waals surface area contributed by atoms with Gasteiger partial charge in [0, 0.05) is 36.8 Å². The summed E-state index contributed by atoms with van der Waals surface area (Å²) in [5.74, 6) is 0. The average molecular weight is 384 g/mol. The Morgan fingerprint density at radius 1 is 0.893 bits per heavy atom. The van der Waals surface area contributed by atoms with Crippen molar-refractivity contribution in [2.24, 2.45) is 0 Å². The summed E-state index contributed by atoms with van der Waals surface area (Å²) in [6.45, 7) is 0.478. The van der Waals surface area contributed by atoms with Crippen molar-refractivity contribution in [2.75, 3.05) is 24.7 Å². The lowest BCUT2D eigenvalue weighted by molar-refractivity contribution is -0.522. The number of unbranched alkanes of at least 4 members (excludes halogenated alkanes) is 1. The molecule has 0 amide bonds. The first-order chi connectivity index (χ1) is 13.7. The van der Waals surface area contributed by atoms with E-state index in [0.29, 0.717) is 25.8 Å². The number of benzene rings is 2. The quantitative estimate of drug-likeness (QED) is 0.191. The van der Waals surface area contributed by atoms with Crippen molar-refractivity contribution in [3.05, 3.63) is 75.8 Å². The van der Waals surface area contributed by atoms with Crippen molar-refractivity contribution in [3.8, 4) is 0 Å². The summed E-state index contributed by atoms with van der Waals surface area (Å²) in [6, 6.07) is 17.6. The van der Waals surface area contributed by atoms with Crippen LogP contribution in [0.5, 0.6) is 0 Å². The van der Waals surface area contributed by atoms with Gasteiger partial charge < -0.3 is 15.1 Å². The molecule has 6 heteroatoms. The van der Waals surface area contributed by atoms with E-state index in [4.69, 9.17) is 10.2 Å². The monoisotopic (exact) mass is 384 g/mol. The Labute approximate surface area is 165 Å². The number of nitro groups is 1. The van der Waals surface area contributed by atoms with Gasteiger partial charge in [-0.25, -0.2) is 0 Å². The Balaban J connectivity index is 2.17. The molecule has 0 bridgehead atoms. The van der Waals surface area contributed by atoms with E-state index >= 15 is 0 Å². The first-order valence-corrected chi connectivity index (χ1v) is 9.60. The highest BCUT2D eigenvalue weighted by Gasteiger charge is 2.28. The zero-order valence-electron chi connectivity index (χ0n) is 16.0. The van der Waals surface area contributed by atoms with Crippen molar-refractivity contribution in [3.63, 3.8) is 0 Å². The van der Waals surface area contributed by atoms with Crippen LogP contribution in [0.25, 0.3) is 12.2 Å². The van der Waals surface area contributed by atoms with Gasteiger partial charge in [-0.1, -0.05) is 54.6 Å². The number of aliphatic hydroxyl groups is 2. The zero-order valence-corrected chi connectivity index (χ0v) is 16.0. The molecule has 0 aliphatic heterocycles. The predicted molar refractivity (Wildman–Crippen MR) is 113 cm³/mol. The fourth-order valence-electron chi connectivity index (χ4n) is 3.03. The number of nitrogens with zero attached hydrogens (tertiary/aromatic N) is 2. The van der Waals surface area contributed by atoms with E-state index in [1.54, 1.807) is 4.90 Å². The minimum atomic E-state index is -0.892. The maximum Gasteiger partial charge on any atom is 0.287 e. The summed E-state index contributed by atoms with van der Waals surface area (Å²) in [5, 5.41) is 29.7. The molecule has 2 rings (SSSR count). The molecule has 0 fully saturated rings. The van der Waals surface area contributed by atoms with Gasteiger partial charge in [-0.15, -0.1) is 0 Å². The van der Waals surface area contributed by atoms with Gasteiger partial charge in [0.25, 0.3) is 6.17 Å². The fraction of sp³-hybridized carbons (Fsp3) is 0.364. The Kier molecular flexibility index (Phi) is 9.18. The number of aliphatic hydroxyl groups excluding tert-OH is 2. The van der Waals surface area contributed by atoms with Crippen molar-refractivity contribution < 1.29 is 15.1 Å².